The molecule has 134 valence electrons. The Morgan fingerprint density at radius 3 is 2.72 bits per heavy atom. The Morgan fingerprint density at radius 2 is 2.04 bits per heavy atom. The Hall–Kier alpha value is -1.77. The molecule has 0 radical (unpaired) electrons. The van der Waals surface area contributed by atoms with Crippen molar-refractivity contribution in [2.45, 2.75) is 29.3 Å². The third-order valence-corrected chi connectivity index (χ3v) is 6.45. The molecule has 2 bridgehead atoms. The Bertz CT molecular complexity index is 720. The predicted octanol–water partition coefficient (Wildman–Crippen LogP) is 0.892. The summed E-state index contributed by atoms with van der Waals surface area (Å²) in [4.78, 5) is 30.6. The van der Waals surface area contributed by atoms with Gasteiger partial charge < -0.3 is 19.6 Å². The summed E-state index contributed by atoms with van der Waals surface area (Å²) in [5.74, 6) is -0.992. The largest absolute Gasteiger partial charge is 0.497 e. The van der Waals surface area contributed by atoms with Crippen LogP contribution in [0.1, 0.15) is 18.4 Å². The van der Waals surface area contributed by atoms with Gasteiger partial charge in [0.1, 0.15) is 5.75 Å². The lowest BCUT2D eigenvalue weighted by atomic mass is 9.88. The summed E-state index contributed by atoms with van der Waals surface area (Å²) in [5.41, 5.74) is -1.29. The number of carboxylic acid groups (broad SMARTS) is 1. The number of methoxy groups -OCH3 is 1. The van der Waals surface area contributed by atoms with Gasteiger partial charge in [0.05, 0.1) is 7.11 Å². The number of hydrogen-bond acceptors (Lipinski definition) is 6. The van der Waals surface area contributed by atoms with E-state index in [2.05, 4.69) is 9.62 Å². The smallest absolute Gasteiger partial charge is 0.339 e. The fourth-order valence-electron chi connectivity index (χ4n) is 3.98. The van der Waals surface area contributed by atoms with Gasteiger partial charge in [0.25, 0.3) is 5.91 Å². The maximum atomic E-state index is 13.5. The number of benzene rings is 1. The van der Waals surface area contributed by atoms with Crippen LogP contribution in [0.15, 0.2) is 23.1 Å². The molecule has 25 heavy (non-hydrogen) atoms. The van der Waals surface area contributed by atoms with Crippen molar-refractivity contribution >= 4 is 23.8 Å². The molecule has 4 aliphatic heterocycles. The Morgan fingerprint density at radius 1 is 1.28 bits per heavy atom. The quantitative estimate of drug-likeness (QED) is 0.610. The van der Waals surface area contributed by atoms with Crippen LogP contribution >= 0.6 is 11.9 Å². The van der Waals surface area contributed by atoms with Gasteiger partial charge in [-0.05, 0) is 43.0 Å². The molecule has 3 fully saturated rings. The van der Waals surface area contributed by atoms with Crippen LogP contribution in [0, 0.1) is 0 Å². The number of fused-ring (bicyclic) bond motifs is 5. The van der Waals surface area contributed by atoms with Crippen molar-refractivity contribution in [3.8, 4) is 5.75 Å². The topological polar surface area (TPSA) is 82.1 Å². The van der Waals surface area contributed by atoms with E-state index in [9.17, 15) is 14.7 Å². The summed E-state index contributed by atoms with van der Waals surface area (Å²) in [7, 11) is 1.53. The first-order valence-electron chi connectivity index (χ1n) is 8.45. The fraction of sp³-hybridized carbons (Fsp3) is 0.529. The highest BCUT2D eigenvalue weighted by Crippen LogP contribution is 2.43. The maximum absolute atomic E-state index is 13.5. The summed E-state index contributed by atoms with van der Waals surface area (Å²) >= 11 is 1.19. The zero-order chi connectivity index (χ0) is 17.6. The molecule has 1 aromatic carbocycles. The van der Waals surface area contributed by atoms with Crippen molar-refractivity contribution in [2.24, 2.45) is 0 Å². The number of aliphatic carboxylic acids is 1. The lowest BCUT2D eigenvalue weighted by Crippen LogP contribution is -2.59. The zero-order valence-electron chi connectivity index (χ0n) is 14.0. The monoisotopic (exact) mass is 363 g/mol. The van der Waals surface area contributed by atoms with E-state index in [1.807, 2.05) is 0 Å². The number of amides is 1. The molecule has 0 aromatic heterocycles. The van der Waals surface area contributed by atoms with Crippen LogP contribution in [-0.2, 0) is 15.1 Å². The Labute approximate surface area is 150 Å². The molecule has 1 unspecified atom stereocenters. The number of carbonyl (C=O) groups excluding carboxylic acids is 1. The molecule has 1 amide bonds. The van der Waals surface area contributed by atoms with E-state index in [1.165, 1.54) is 19.1 Å². The molecule has 7 nitrogen and oxygen atoms in total. The second kappa shape index (κ2) is 6.19. The van der Waals surface area contributed by atoms with Gasteiger partial charge in [0, 0.05) is 42.7 Å². The molecule has 4 heterocycles. The SMILES string of the molecule is COc1ccc2c(c1)C(C(=O)O)(C(=O)N1CCN3CCC1CC3)NS2. The average molecular weight is 363 g/mol. The van der Waals surface area contributed by atoms with Gasteiger partial charge in [-0.2, -0.15) is 0 Å². The van der Waals surface area contributed by atoms with Crippen molar-refractivity contribution in [1.29, 1.82) is 0 Å². The highest BCUT2D eigenvalue weighted by atomic mass is 32.2. The maximum Gasteiger partial charge on any atom is 0.339 e. The summed E-state index contributed by atoms with van der Waals surface area (Å²) in [6, 6.07) is 5.34. The third-order valence-electron chi connectivity index (χ3n) is 5.46. The van der Waals surface area contributed by atoms with Crippen LogP contribution in [-0.4, -0.2) is 66.1 Å². The standard InChI is InChI=1S/C17H21N3O4S/c1-24-12-2-3-14-13(10-12)17(16(22)23,18-25-14)15(21)20-9-8-19-6-4-11(20)5-7-19/h2-3,10-11,18H,4-9H2,1H3,(H,22,23). The van der Waals surface area contributed by atoms with Gasteiger partial charge in [0.15, 0.2) is 0 Å². The van der Waals surface area contributed by atoms with Crippen LogP contribution in [0.4, 0.5) is 0 Å². The second-order valence-corrected chi connectivity index (χ2v) is 7.54. The van der Waals surface area contributed by atoms with Crippen LogP contribution < -0.4 is 9.46 Å². The van der Waals surface area contributed by atoms with Crippen molar-refractivity contribution in [2.75, 3.05) is 33.3 Å². The fourth-order valence-corrected chi connectivity index (χ4v) is 4.99. The minimum Gasteiger partial charge on any atom is -0.497 e. The lowest BCUT2D eigenvalue weighted by molar-refractivity contribution is -0.155. The second-order valence-electron chi connectivity index (χ2n) is 6.69. The number of piperidine rings is 1. The summed E-state index contributed by atoms with van der Waals surface area (Å²) < 4.78 is 8.16. The van der Waals surface area contributed by atoms with Gasteiger partial charge in [-0.15, -0.1) is 0 Å². The van der Waals surface area contributed by atoms with E-state index in [0.29, 0.717) is 17.9 Å². The number of ether oxygens (including phenoxy) is 1. The highest BCUT2D eigenvalue weighted by Gasteiger charge is 2.56. The molecule has 0 saturated carbocycles. The molecule has 2 N–H and O–H groups in total. The van der Waals surface area contributed by atoms with E-state index < -0.39 is 11.5 Å². The number of carboxylic acids is 1. The number of carbonyl (C=O) groups is 2. The summed E-state index contributed by atoms with van der Waals surface area (Å²) in [5, 5.41) is 10.0. The first-order valence-corrected chi connectivity index (χ1v) is 9.27. The molecule has 4 aliphatic rings. The lowest BCUT2D eigenvalue weighted by Gasteiger charge is -2.36. The molecule has 1 atom stereocenters. The van der Waals surface area contributed by atoms with Crippen LogP contribution in [0.2, 0.25) is 0 Å². The molecule has 0 aliphatic carbocycles. The summed E-state index contributed by atoms with van der Waals surface area (Å²) in [6.45, 7) is 3.32. The molecule has 3 saturated heterocycles. The summed E-state index contributed by atoms with van der Waals surface area (Å²) in [6.07, 6.45) is 1.80. The first-order chi connectivity index (χ1) is 12.1. The first kappa shape index (κ1) is 16.7. The van der Waals surface area contributed by atoms with Crippen molar-refractivity contribution in [3.05, 3.63) is 23.8 Å². The molecule has 5 rings (SSSR count). The van der Waals surface area contributed by atoms with Crippen molar-refractivity contribution < 1.29 is 19.4 Å². The molecular weight excluding hydrogens is 342 g/mol. The highest BCUT2D eigenvalue weighted by molar-refractivity contribution is 7.97. The van der Waals surface area contributed by atoms with E-state index in [4.69, 9.17) is 4.74 Å². The number of nitrogens with one attached hydrogen (secondary N) is 1. The molecule has 1 aromatic rings. The van der Waals surface area contributed by atoms with Gasteiger partial charge in [-0.1, -0.05) is 0 Å². The minimum absolute atomic E-state index is 0.115. The number of hydrogen-bond donors (Lipinski definition) is 2. The zero-order valence-corrected chi connectivity index (χ0v) is 14.8. The van der Waals surface area contributed by atoms with Crippen LogP contribution in [0.25, 0.3) is 0 Å². The van der Waals surface area contributed by atoms with E-state index in [1.54, 1.807) is 23.1 Å². The number of rotatable bonds is 3. The molecule has 0 spiro atoms. The Kier molecular flexibility index (Phi) is 4.13. The van der Waals surface area contributed by atoms with Crippen molar-refractivity contribution in [3.63, 3.8) is 0 Å². The van der Waals surface area contributed by atoms with Crippen LogP contribution in [0.5, 0.6) is 5.75 Å². The van der Waals surface area contributed by atoms with Crippen LogP contribution in [0.3, 0.4) is 0 Å². The van der Waals surface area contributed by atoms with Gasteiger partial charge >= 0.3 is 5.97 Å². The van der Waals surface area contributed by atoms with Crippen molar-refractivity contribution in [1.82, 2.24) is 14.5 Å². The average Bonchev–Trinajstić information content (AvgIpc) is 2.76. The normalized spacial score (nSPS) is 30.7. The minimum atomic E-state index is -1.76. The van der Waals surface area contributed by atoms with Gasteiger partial charge in [-0.3, -0.25) is 4.79 Å². The molecular formula is C17H21N3O4S. The molecule has 8 heteroatoms. The van der Waals surface area contributed by atoms with Gasteiger partial charge in [-0.25, -0.2) is 9.52 Å². The van der Waals surface area contributed by atoms with E-state index in [-0.39, 0.29) is 11.9 Å². The third kappa shape index (κ3) is 2.51. The number of nitrogens with zero attached hydrogens (tertiary/aromatic N) is 2. The van der Waals surface area contributed by atoms with Gasteiger partial charge in [0.2, 0.25) is 5.54 Å². The predicted molar refractivity (Wildman–Crippen MR) is 92.5 cm³/mol. The Balaban J connectivity index is 1.76. The van der Waals surface area contributed by atoms with E-state index in [0.717, 1.165) is 37.4 Å². The van der Waals surface area contributed by atoms with E-state index >= 15 is 0 Å².